The van der Waals surface area contributed by atoms with Crippen molar-refractivity contribution in [3.8, 4) is 0 Å². The van der Waals surface area contributed by atoms with Crippen LogP contribution in [0.25, 0.3) is 10.8 Å². The van der Waals surface area contributed by atoms with Crippen molar-refractivity contribution in [2.45, 2.75) is 17.4 Å². The summed E-state index contributed by atoms with van der Waals surface area (Å²) in [6.07, 6.45) is 3.12. The molecule has 0 spiro atoms. The van der Waals surface area contributed by atoms with Gasteiger partial charge < -0.3 is 21.1 Å². The lowest BCUT2D eigenvalue weighted by atomic mass is 10.1. The van der Waals surface area contributed by atoms with E-state index in [1.54, 1.807) is 53.6 Å². The zero-order chi connectivity index (χ0) is 24.6. The number of urea groups is 1. The highest BCUT2D eigenvalue weighted by molar-refractivity contribution is 7.89. The number of benzene rings is 2. The van der Waals surface area contributed by atoms with Gasteiger partial charge in [-0.3, -0.25) is 9.78 Å². The van der Waals surface area contributed by atoms with E-state index in [2.05, 4.69) is 15.0 Å². The number of nitrogens with zero attached hydrogens (tertiary/aromatic N) is 2. The predicted molar refractivity (Wildman–Crippen MR) is 128 cm³/mol. The second kappa shape index (κ2) is 11.5. The Balaban J connectivity index is 0.000000302. The summed E-state index contributed by atoms with van der Waals surface area (Å²) < 4.78 is 27.8. The van der Waals surface area contributed by atoms with Gasteiger partial charge in [-0.2, -0.15) is 4.72 Å². The minimum Gasteiger partial charge on any atom is -0.480 e. The van der Waals surface area contributed by atoms with Gasteiger partial charge in [-0.25, -0.2) is 13.2 Å². The van der Waals surface area contributed by atoms with E-state index in [9.17, 15) is 23.1 Å². The number of carboxylic acids is 1. The fourth-order valence-electron chi connectivity index (χ4n) is 3.49. The topological polar surface area (TPSA) is 155 Å². The molecule has 1 aliphatic heterocycles. The van der Waals surface area contributed by atoms with Gasteiger partial charge in [-0.1, -0.05) is 42.5 Å². The number of carbonyl (C=O) groups excluding carboxylic acids is 1. The Bertz CT molecular complexity index is 1230. The molecular weight excluding hydrogens is 458 g/mol. The summed E-state index contributed by atoms with van der Waals surface area (Å²) in [5, 5.41) is 13.7. The van der Waals surface area contributed by atoms with Crippen molar-refractivity contribution >= 4 is 32.8 Å². The molecule has 10 nitrogen and oxygen atoms in total. The van der Waals surface area contributed by atoms with E-state index in [0.717, 1.165) is 31.7 Å². The number of aromatic nitrogens is 1. The normalized spacial score (nSPS) is 14.6. The minimum absolute atomic E-state index is 0.0340. The lowest BCUT2D eigenvalue weighted by Gasteiger charge is -2.25. The van der Waals surface area contributed by atoms with Gasteiger partial charge in [0.1, 0.15) is 6.04 Å². The van der Waals surface area contributed by atoms with E-state index in [0.29, 0.717) is 10.8 Å². The summed E-state index contributed by atoms with van der Waals surface area (Å²) >= 11 is 0. The molecule has 5 N–H and O–H groups in total. The minimum atomic E-state index is -4.01. The van der Waals surface area contributed by atoms with Gasteiger partial charge in [0, 0.05) is 49.3 Å². The van der Waals surface area contributed by atoms with Crippen molar-refractivity contribution in [3.05, 3.63) is 72.6 Å². The Morgan fingerprint density at radius 3 is 2.41 bits per heavy atom. The van der Waals surface area contributed by atoms with Crippen LogP contribution in [0.5, 0.6) is 0 Å². The number of carboxylic acid groups (broad SMARTS) is 1. The van der Waals surface area contributed by atoms with E-state index in [4.69, 9.17) is 5.73 Å². The Hall–Kier alpha value is -3.54. The molecule has 4 rings (SSSR count). The van der Waals surface area contributed by atoms with Crippen LogP contribution < -0.4 is 15.8 Å². The number of aliphatic carboxylic acids is 1. The highest BCUT2D eigenvalue weighted by Gasteiger charge is 2.26. The highest BCUT2D eigenvalue weighted by Crippen LogP contribution is 2.22. The van der Waals surface area contributed by atoms with Crippen molar-refractivity contribution < 1.29 is 23.1 Å². The standard InChI is InChI=1S/C18H16N2O4S.C5H11N3O/c21-18(22)16(11-13-5-2-1-3-6-13)20-25(23,24)17-8-4-7-14-12-19-10-9-15(14)17;6-5(9)8-3-1-7-2-4-8/h1-10,12,16,20H,11H2,(H,21,22);7H,1-4H2,(H2,6,9)/t16-;/m0./s1. The molecular formula is C23H27N5O5S. The van der Waals surface area contributed by atoms with Crippen molar-refractivity contribution in [1.29, 1.82) is 0 Å². The number of carbonyl (C=O) groups is 2. The van der Waals surface area contributed by atoms with Gasteiger partial charge in [0.15, 0.2) is 0 Å². The van der Waals surface area contributed by atoms with Gasteiger partial charge >= 0.3 is 12.0 Å². The molecule has 1 saturated heterocycles. The molecule has 34 heavy (non-hydrogen) atoms. The molecule has 1 fully saturated rings. The number of amides is 2. The molecule has 11 heteroatoms. The molecule has 1 aliphatic rings. The highest BCUT2D eigenvalue weighted by atomic mass is 32.2. The maximum Gasteiger partial charge on any atom is 0.322 e. The van der Waals surface area contributed by atoms with Crippen LogP contribution >= 0.6 is 0 Å². The van der Waals surface area contributed by atoms with Crippen LogP contribution in [0.4, 0.5) is 4.79 Å². The molecule has 2 heterocycles. The monoisotopic (exact) mass is 485 g/mol. The van der Waals surface area contributed by atoms with Crippen LogP contribution in [-0.4, -0.2) is 67.6 Å². The van der Waals surface area contributed by atoms with Crippen LogP contribution in [0, 0.1) is 0 Å². The van der Waals surface area contributed by atoms with Gasteiger partial charge in [0.2, 0.25) is 10.0 Å². The van der Waals surface area contributed by atoms with Gasteiger partial charge in [-0.05, 0) is 24.1 Å². The second-order valence-electron chi connectivity index (χ2n) is 7.63. The number of hydrogen-bond acceptors (Lipinski definition) is 6. The molecule has 0 saturated carbocycles. The molecule has 180 valence electrons. The van der Waals surface area contributed by atoms with E-state index in [1.807, 2.05) is 6.07 Å². The molecule has 0 bridgehead atoms. The maximum absolute atomic E-state index is 12.8. The summed E-state index contributed by atoms with van der Waals surface area (Å²) in [5.41, 5.74) is 5.76. The van der Waals surface area contributed by atoms with Crippen LogP contribution in [0.3, 0.4) is 0 Å². The lowest BCUT2D eigenvalue weighted by Crippen LogP contribution is -2.48. The number of pyridine rings is 1. The summed E-state index contributed by atoms with van der Waals surface area (Å²) in [6.45, 7) is 3.22. The Kier molecular flexibility index (Phi) is 8.52. The second-order valence-corrected chi connectivity index (χ2v) is 9.31. The van der Waals surface area contributed by atoms with Gasteiger partial charge in [0.05, 0.1) is 4.90 Å². The Morgan fingerprint density at radius 2 is 1.79 bits per heavy atom. The average molecular weight is 486 g/mol. The molecule has 0 radical (unpaired) electrons. The van der Waals surface area contributed by atoms with E-state index in [1.165, 1.54) is 12.3 Å². The summed E-state index contributed by atoms with van der Waals surface area (Å²) in [4.78, 5) is 27.7. The first-order valence-corrected chi connectivity index (χ1v) is 12.1. The lowest BCUT2D eigenvalue weighted by molar-refractivity contribution is -0.138. The van der Waals surface area contributed by atoms with Crippen molar-refractivity contribution in [3.63, 3.8) is 0 Å². The number of sulfonamides is 1. The van der Waals surface area contributed by atoms with Crippen LogP contribution in [0.2, 0.25) is 0 Å². The van der Waals surface area contributed by atoms with E-state index in [-0.39, 0.29) is 17.3 Å². The third-order valence-electron chi connectivity index (χ3n) is 5.24. The predicted octanol–water partition coefficient (Wildman–Crippen LogP) is 1.18. The van der Waals surface area contributed by atoms with Crippen LogP contribution in [0.1, 0.15) is 5.56 Å². The molecule has 0 aliphatic carbocycles. The van der Waals surface area contributed by atoms with Crippen molar-refractivity contribution in [2.75, 3.05) is 26.2 Å². The summed E-state index contributed by atoms with van der Waals surface area (Å²) in [7, 11) is -4.01. The first kappa shape index (κ1) is 25.1. The summed E-state index contributed by atoms with van der Waals surface area (Å²) in [6, 6.07) is 13.7. The van der Waals surface area contributed by atoms with Crippen LogP contribution in [-0.2, 0) is 21.2 Å². The quantitative estimate of drug-likeness (QED) is 0.409. The Morgan fingerprint density at radius 1 is 1.09 bits per heavy atom. The molecule has 1 atom stereocenters. The zero-order valence-electron chi connectivity index (χ0n) is 18.4. The first-order valence-electron chi connectivity index (χ1n) is 10.6. The van der Waals surface area contributed by atoms with Gasteiger partial charge in [0.25, 0.3) is 0 Å². The Labute approximate surface area is 197 Å². The van der Waals surface area contributed by atoms with Gasteiger partial charge in [-0.15, -0.1) is 0 Å². The fraction of sp³-hybridized carbons (Fsp3) is 0.261. The van der Waals surface area contributed by atoms with Crippen LogP contribution in [0.15, 0.2) is 71.9 Å². The summed E-state index contributed by atoms with van der Waals surface area (Å²) in [5.74, 6) is -1.23. The molecule has 2 amide bonds. The van der Waals surface area contributed by atoms with E-state index < -0.39 is 22.0 Å². The smallest absolute Gasteiger partial charge is 0.322 e. The van der Waals surface area contributed by atoms with Crippen molar-refractivity contribution in [1.82, 2.24) is 19.9 Å². The number of hydrogen-bond donors (Lipinski definition) is 4. The number of fused-ring (bicyclic) bond motifs is 1. The third-order valence-corrected chi connectivity index (χ3v) is 6.77. The van der Waals surface area contributed by atoms with Crippen molar-refractivity contribution in [2.24, 2.45) is 5.73 Å². The van der Waals surface area contributed by atoms with E-state index >= 15 is 0 Å². The number of nitrogens with two attached hydrogens (primary N) is 1. The number of rotatable bonds is 6. The largest absolute Gasteiger partial charge is 0.480 e. The molecule has 3 aromatic rings. The number of nitrogens with one attached hydrogen (secondary N) is 2. The third kappa shape index (κ3) is 6.73. The molecule has 1 aromatic heterocycles. The molecule has 2 aromatic carbocycles. The zero-order valence-corrected chi connectivity index (χ0v) is 19.2. The SMILES string of the molecule is NC(=O)N1CCNCC1.O=C(O)[C@H](Cc1ccccc1)NS(=O)(=O)c1cccc2cnccc12. The molecule has 0 unspecified atom stereocenters. The first-order chi connectivity index (χ1) is 16.3. The average Bonchev–Trinajstić information content (AvgIpc) is 2.84. The number of primary amides is 1. The maximum atomic E-state index is 12.8. The fourth-order valence-corrected chi connectivity index (χ4v) is 4.91. The number of piperazine rings is 1.